The number of hydrogen-bond acceptors (Lipinski definition) is 5. The van der Waals surface area contributed by atoms with Crippen molar-refractivity contribution < 1.29 is 17.1 Å². The molecule has 0 N–H and O–H groups in total. The van der Waals surface area contributed by atoms with E-state index in [0.29, 0.717) is 39.7 Å². The number of benzene rings is 11. The molecular weight excluding hydrogens is 1210 g/mol. The maximum Gasteiger partial charge on any atom is 0.164 e. The highest BCUT2D eigenvalue weighted by Crippen LogP contribution is 2.52. The smallest absolute Gasteiger partial charge is 0.164 e. The predicted molar refractivity (Wildman–Crippen MR) is 372 cm³/mol. The van der Waals surface area contributed by atoms with Gasteiger partial charge in [0.1, 0.15) is 0 Å². The Morgan fingerprint density at radius 2 is 0.805 bits per heavy atom. The van der Waals surface area contributed by atoms with Gasteiger partial charge in [0.25, 0.3) is 0 Å². The van der Waals surface area contributed by atoms with Crippen LogP contribution in [-0.4, -0.2) is 28.2 Å². The molecule has 0 saturated carbocycles. The molecule has 87 heavy (non-hydrogen) atoms. The zero-order valence-electron chi connectivity index (χ0n) is 56.6. The number of thiophene rings is 1. The van der Waals surface area contributed by atoms with Crippen molar-refractivity contribution in [3.63, 3.8) is 0 Å². The fourth-order valence-electron chi connectivity index (χ4n) is 12.6. The summed E-state index contributed by atoms with van der Waals surface area (Å²) < 4.78 is 85.4. The van der Waals surface area contributed by atoms with Gasteiger partial charge in [0.05, 0.1) is 0 Å². The van der Waals surface area contributed by atoms with E-state index in [-0.39, 0.29) is 0 Å². The molecule has 13 aromatic rings. The minimum atomic E-state index is -2.83. The van der Waals surface area contributed by atoms with E-state index in [4.69, 9.17) is 32.0 Å². The van der Waals surface area contributed by atoms with Gasteiger partial charge in [0.15, 0.2) is 17.5 Å². The molecule has 17 rings (SSSR count). The molecule has 1 aliphatic heterocycles. The van der Waals surface area contributed by atoms with Crippen molar-refractivity contribution in [1.82, 2.24) is 15.0 Å². The summed E-state index contributed by atoms with van der Waals surface area (Å²) in [6.45, 7) is -3.93. The van der Waals surface area contributed by atoms with Gasteiger partial charge in [0, 0.05) is 82.2 Å². The second-order valence-electron chi connectivity index (χ2n) is 22.5. The highest BCUT2D eigenvalue weighted by Gasteiger charge is 2.36. The van der Waals surface area contributed by atoms with Gasteiger partial charge < -0.3 is 4.74 Å². The Bertz CT molecular complexity index is 5030. The summed E-state index contributed by atoms with van der Waals surface area (Å²) in [7, 11) is 0. The molecule has 7 heteroatoms. The highest BCUT2D eigenvalue weighted by molar-refractivity contribution is 9.10. The van der Waals surface area contributed by atoms with Gasteiger partial charge in [-0.2, -0.15) is 0 Å². The maximum atomic E-state index is 8.71. The van der Waals surface area contributed by atoms with E-state index in [1.807, 2.05) is 159 Å². The quantitative estimate of drug-likeness (QED) is 0.172. The van der Waals surface area contributed by atoms with Gasteiger partial charge in [0.2, 0.25) is 0 Å². The monoisotopic (exact) mass is 1280 g/mol. The van der Waals surface area contributed by atoms with Crippen LogP contribution in [0.25, 0.3) is 110 Å². The van der Waals surface area contributed by atoms with E-state index in [1.54, 1.807) is 29.5 Å². The Morgan fingerprint density at radius 1 is 0.368 bits per heavy atom. The number of ether oxygens (including phenoxy) is 1. The van der Waals surface area contributed by atoms with Crippen LogP contribution in [0.5, 0.6) is 0 Å². The van der Waals surface area contributed by atoms with Crippen molar-refractivity contribution in [2.75, 3.05) is 13.2 Å². The summed E-state index contributed by atoms with van der Waals surface area (Å²) in [5, 5.41) is 2.16. The van der Waals surface area contributed by atoms with E-state index in [1.165, 1.54) is 39.6 Å². The molecular formula is C80H63Br2N3OS. The van der Waals surface area contributed by atoms with E-state index >= 15 is 0 Å². The summed E-state index contributed by atoms with van der Waals surface area (Å²) in [5.74, 6) is 1.77. The number of rotatable bonds is 5. The van der Waals surface area contributed by atoms with E-state index in [9.17, 15) is 0 Å². The van der Waals surface area contributed by atoms with Crippen LogP contribution in [0, 0.1) is 0 Å². The summed E-state index contributed by atoms with van der Waals surface area (Å²) in [5.41, 5.74) is 14.7. The lowest BCUT2D eigenvalue weighted by molar-refractivity contribution is 0.198. The van der Waals surface area contributed by atoms with Crippen LogP contribution >= 0.6 is 43.2 Å². The maximum absolute atomic E-state index is 8.71. The number of nitrogens with zero attached hydrogens (tertiary/aromatic N) is 3. The molecule has 0 amide bonds. The van der Waals surface area contributed by atoms with Crippen molar-refractivity contribution >= 4 is 63.4 Å². The molecule has 4 aliphatic rings. The zero-order valence-corrected chi connectivity index (χ0v) is 51.6. The van der Waals surface area contributed by atoms with Crippen LogP contribution in [0.2, 0.25) is 0 Å². The van der Waals surface area contributed by atoms with Gasteiger partial charge in [-0.15, -0.1) is 11.3 Å². The van der Waals surface area contributed by atoms with Gasteiger partial charge in [-0.25, -0.2) is 15.0 Å². The van der Waals surface area contributed by atoms with E-state index < -0.39 is 31.4 Å². The third kappa shape index (κ3) is 10.8. The van der Waals surface area contributed by atoms with Gasteiger partial charge in [-0.3, -0.25) is 0 Å². The second kappa shape index (κ2) is 23.7. The second-order valence-corrected chi connectivity index (χ2v) is 25.3. The summed E-state index contributed by atoms with van der Waals surface area (Å²) >= 11 is 8.63. The third-order valence-corrected chi connectivity index (χ3v) is 19.1. The van der Waals surface area contributed by atoms with Gasteiger partial charge in [-0.05, 0) is 145 Å². The molecule has 3 heterocycles. The van der Waals surface area contributed by atoms with Crippen LogP contribution in [0.4, 0.5) is 0 Å². The average Bonchev–Trinajstić information content (AvgIpc) is 1.50. The minimum absolute atomic E-state index is 0.311. The zero-order chi connectivity index (χ0) is 66.7. The van der Waals surface area contributed by atoms with Gasteiger partial charge >= 0.3 is 0 Å². The summed E-state index contributed by atoms with van der Waals surface area (Å²) in [4.78, 5) is 14.8. The molecule has 11 aromatic carbocycles. The topological polar surface area (TPSA) is 47.9 Å². The number of hydrogen-bond donors (Lipinski definition) is 0. The van der Waals surface area contributed by atoms with Crippen molar-refractivity contribution in [3.8, 4) is 89.8 Å². The van der Waals surface area contributed by atoms with E-state index in [0.717, 1.165) is 105 Å². The van der Waals surface area contributed by atoms with Crippen LogP contribution in [0.1, 0.15) is 86.0 Å². The number of halogens is 2. The lowest BCUT2D eigenvalue weighted by Crippen LogP contribution is -2.14. The number of fused-ring (bicyclic) bond motifs is 12. The van der Waals surface area contributed by atoms with E-state index in [2.05, 4.69) is 111 Å². The van der Waals surface area contributed by atoms with Crippen LogP contribution < -0.4 is 0 Å². The molecule has 0 bridgehead atoms. The van der Waals surface area contributed by atoms with Crippen molar-refractivity contribution in [2.45, 2.75) is 57.6 Å². The molecule has 1 unspecified atom stereocenters. The normalized spacial score (nSPS) is 17.1. The van der Waals surface area contributed by atoms with Crippen molar-refractivity contribution in [1.29, 1.82) is 0 Å². The Kier molecular flexibility index (Phi) is 12.7. The lowest BCUT2D eigenvalue weighted by atomic mass is 9.81. The first-order chi connectivity index (χ1) is 46.2. The Balaban J connectivity index is 0.000000166. The van der Waals surface area contributed by atoms with Gasteiger partial charge in [-0.1, -0.05) is 272 Å². The summed E-state index contributed by atoms with van der Waals surface area (Å²) in [6.07, 6.45) is 3.63. The molecule has 0 radical (unpaired) electrons. The standard InChI is InChI=1S/C48H33N3S.C15H13Br.C13H9Br.C4H8O/c1-48(2)41-25-10-9-20-37(41)38-27-26-33(29-42(38)48)36-22-13-24-40-39-23-12-21-35(43(39)52-44(36)40)32-18-11-19-34(28-32)47-50-45(30-14-5-3-6-15-30)49-46(51-47)31-16-7-4-8-17-31;1-15(2)13-6-4-3-5-11(13)12-8-7-10(16)9-14(12)15;14-11-5-6-13-10(8-11)7-9-3-1-2-4-12(9)13;1-2-4-5-3-1/h3-29H,1-2H3;3-9H,1-2H3;1-6,8H,7H2;1-4H2/i1D3,2D3;1D3;;. The van der Waals surface area contributed by atoms with Crippen LogP contribution in [0.3, 0.4) is 0 Å². The Hall–Kier alpha value is -8.43. The summed E-state index contributed by atoms with van der Waals surface area (Å²) in [6, 6.07) is 82.1. The Morgan fingerprint density at radius 3 is 1.40 bits per heavy atom. The fraction of sp³-hybridized carbons (Fsp3) is 0.138. The molecule has 2 aromatic heterocycles. The predicted octanol–water partition coefficient (Wildman–Crippen LogP) is 22.5. The Labute approximate surface area is 543 Å². The molecule has 1 atom stereocenters. The first-order valence-corrected chi connectivity index (χ1v) is 31.6. The largest absolute Gasteiger partial charge is 0.381 e. The molecule has 3 aliphatic carbocycles. The first-order valence-electron chi connectivity index (χ1n) is 33.7. The SMILES string of the molecule is Brc1ccc2c(c1)Cc1ccccc1-2.C1CCOC1.[2H]C([2H])([2H])C1(C([2H])([2H])[2H])c2ccccc2-c2ccc(-c3cccc4c3sc3c(-c5cccc(-c6nc(-c7ccccc7)nc(-c7ccccc7)n6)c5)cccc34)cc21.[2H]C([2H])([2H])C1(C)c2ccccc2-c2ccc(Br)cc21. The fourth-order valence-corrected chi connectivity index (χ4v) is 14.7. The number of aromatic nitrogens is 3. The molecule has 1 fully saturated rings. The molecule has 4 nitrogen and oxygen atoms in total. The van der Waals surface area contributed by atoms with Crippen LogP contribution in [0.15, 0.2) is 258 Å². The molecule has 0 spiro atoms. The average molecular weight is 1280 g/mol. The molecule has 1 saturated heterocycles. The lowest BCUT2D eigenvalue weighted by Gasteiger charge is -2.22. The third-order valence-electron chi connectivity index (χ3n) is 16.9. The van der Waals surface area contributed by atoms with Crippen molar-refractivity contribution in [3.05, 3.63) is 291 Å². The van der Waals surface area contributed by atoms with Crippen molar-refractivity contribution in [2.24, 2.45) is 0 Å². The molecule has 424 valence electrons. The van der Waals surface area contributed by atoms with Crippen LogP contribution in [-0.2, 0) is 22.0 Å². The minimum Gasteiger partial charge on any atom is -0.381 e. The highest BCUT2D eigenvalue weighted by atomic mass is 79.9. The first kappa shape index (κ1) is 46.7.